The lowest BCUT2D eigenvalue weighted by molar-refractivity contribution is 0.333. The molecule has 0 fully saturated rings. The highest BCUT2D eigenvalue weighted by atomic mass is 16.3. The largest absolute Gasteiger partial charge is 0.455 e. The lowest BCUT2D eigenvalue weighted by atomic mass is 9.43. The van der Waals surface area contributed by atoms with E-state index in [4.69, 9.17) is 4.42 Å². The van der Waals surface area contributed by atoms with Crippen molar-refractivity contribution in [1.82, 2.24) is 0 Å². The Morgan fingerprint density at radius 2 is 0.983 bits per heavy atom. The van der Waals surface area contributed by atoms with E-state index in [1.54, 1.807) is 0 Å². The van der Waals surface area contributed by atoms with E-state index in [0.717, 1.165) is 44.4 Å². The second kappa shape index (κ2) is 12.3. The maximum absolute atomic E-state index is 6.59. The summed E-state index contributed by atoms with van der Waals surface area (Å²) in [4.78, 5) is 2.52. The molecule has 1 heterocycles. The van der Waals surface area contributed by atoms with Gasteiger partial charge >= 0.3 is 0 Å². The molecule has 0 N–H and O–H groups in total. The highest BCUT2D eigenvalue weighted by molar-refractivity contribution is 6.09. The van der Waals surface area contributed by atoms with Crippen molar-refractivity contribution in [2.75, 3.05) is 4.90 Å². The number of rotatable bonds is 6. The molecule has 10 aromatic rings. The number of benzene rings is 9. The average molecular weight is 752 g/mol. The zero-order chi connectivity index (χ0) is 38.7. The van der Waals surface area contributed by atoms with Crippen molar-refractivity contribution in [2.24, 2.45) is 0 Å². The van der Waals surface area contributed by atoms with Crippen LogP contribution < -0.4 is 4.90 Å². The van der Waals surface area contributed by atoms with E-state index in [2.05, 4.69) is 211 Å². The summed E-state index contributed by atoms with van der Waals surface area (Å²) in [5.41, 5.74) is 21.2. The van der Waals surface area contributed by atoms with Crippen LogP contribution >= 0.6 is 0 Å². The Morgan fingerprint density at radius 1 is 0.390 bits per heavy atom. The molecular weight excluding hydrogens is 715 g/mol. The molecule has 2 nitrogen and oxygen atoms in total. The van der Waals surface area contributed by atoms with Crippen LogP contribution in [-0.4, -0.2) is 0 Å². The van der Waals surface area contributed by atoms with E-state index in [1.165, 1.54) is 61.3 Å². The molecule has 13 rings (SSSR count). The summed E-state index contributed by atoms with van der Waals surface area (Å²) in [6.45, 7) is 0. The highest BCUT2D eigenvalue weighted by Crippen LogP contribution is 2.79. The molecule has 0 amide bonds. The van der Waals surface area contributed by atoms with Crippen molar-refractivity contribution < 1.29 is 4.42 Å². The van der Waals surface area contributed by atoms with Gasteiger partial charge in [0.15, 0.2) is 0 Å². The third-order valence-electron chi connectivity index (χ3n) is 13.6. The van der Waals surface area contributed by atoms with Crippen molar-refractivity contribution in [1.29, 1.82) is 0 Å². The SMILES string of the molecule is c1ccc(-c2ccc(N(c3cccc(-c4cccc5c4oc4ccccc45)c3)c3ccc(-c4ccccc4)c4c3C3c5ccccc5C35c3ccccc3C45)cc2)cc1. The maximum atomic E-state index is 6.59. The fourth-order valence-electron chi connectivity index (χ4n) is 11.2. The smallest absolute Gasteiger partial charge is 0.143 e. The minimum absolute atomic E-state index is 0.0865. The zero-order valence-corrected chi connectivity index (χ0v) is 32.2. The third-order valence-corrected chi connectivity index (χ3v) is 13.6. The first-order valence-corrected chi connectivity index (χ1v) is 20.7. The van der Waals surface area contributed by atoms with E-state index in [-0.39, 0.29) is 17.3 Å². The highest BCUT2D eigenvalue weighted by Gasteiger charge is 2.70. The molecular formula is C57H37NO. The molecule has 0 aliphatic heterocycles. The average Bonchev–Trinajstić information content (AvgIpc) is 3.78. The predicted octanol–water partition coefficient (Wildman–Crippen LogP) is 14.9. The van der Waals surface area contributed by atoms with E-state index < -0.39 is 0 Å². The first-order valence-electron chi connectivity index (χ1n) is 20.7. The van der Waals surface area contributed by atoms with Gasteiger partial charge in [0.2, 0.25) is 0 Å². The van der Waals surface area contributed by atoms with Gasteiger partial charge < -0.3 is 9.32 Å². The van der Waals surface area contributed by atoms with Crippen molar-refractivity contribution >= 4 is 39.0 Å². The second-order valence-electron chi connectivity index (χ2n) is 16.3. The van der Waals surface area contributed by atoms with Crippen LogP contribution in [0, 0.1) is 0 Å². The molecule has 0 saturated carbocycles. The van der Waals surface area contributed by atoms with Crippen molar-refractivity contribution in [2.45, 2.75) is 17.3 Å². The van der Waals surface area contributed by atoms with Crippen LogP contribution in [0.3, 0.4) is 0 Å². The van der Waals surface area contributed by atoms with E-state index in [1.807, 2.05) is 6.07 Å². The lowest BCUT2D eigenvalue weighted by Gasteiger charge is -2.58. The van der Waals surface area contributed by atoms with E-state index in [9.17, 15) is 0 Å². The molecule has 3 aliphatic rings. The normalized spacial score (nSPS) is 17.9. The number of fused-ring (bicyclic) bond motifs is 10. The molecule has 2 heteroatoms. The first kappa shape index (κ1) is 32.6. The Bertz CT molecular complexity index is 3290. The predicted molar refractivity (Wildman–Crippen MR) is 242 cm³/mol. The minimum Gasteiger partial charge on any atom is -0.455 e. The Hall–Kier alpha value is -7.42. The monoisotopic (exact) mass is 751 g/mol. The van der Waals surface area contributed by atoms with Gasteiger partial charge in [-0.2, -0.15) is 0 Å². The minimum atomic E-state index is -0.0865. The Balaban J connectivity index is 1.07. The van der Waals surface area contributed by atoms with E-state index in [0.29, 0.717) is 0 Å². The topological polar surface area (TPSA) is 16.4 Å². The van der Waals surface area contributed by atoms with Gasteiger partial charge in [0.25, 0.3) is 0 Å². The second-order valence-corrected chi connectivity index (χ2v) is 16.3. The van der Waals surface area contributed by atoms with Crippen molar-refractivity contribution in [3.63, 3.8) is 0 Å². The van der Waals surface area contributed by atoms with Gasteiger partial charge in [0, 0.05) is 45.0 Å². The van der Waals surface area contributed by atoms with Crippen LogP contribution in [0.1, 0.15) is 45.2 Å². The van der Waals surface area contributed by atoms with Gasteiger partial charge in [-0.3, -0.25) is 0 Å². The molecule has 3 unspecified atom stereocenters. The molecule has 1 aromatic heterocycles. The quantitative estimate of drug-likeness (QED) is 0.168. The molecule has 59 heavy (non-hydrogen) atoms. The number of furan rings is 1. The fourth-order valence-corrected chi connectivity index (χ4v) is 11.2. The third kappa shape index (κ3) is 4.41. The standard InChI is InChI=1S/C57H37NO/c1-3-15-36(16-4-1)37-29-31-40(32-30-37)58(41-20-13-19-39(35-41)43-24-14-25-45-44-21-9-12-28-51(44)59-56(43)45)50-34-33-42(38-17-5-2-6-18-38)52-53(50)55-47-23-8-11-27-49(47)57(55)48-26-10-7-22-46(48)54(52)57/h1-35,54-55H. The molecule has 0 saturated heterocycles. The molecule has 0 radical (unpaired) electrons. The van der Waals surface area contributed by atoms with Gasteiger partial charge in [0.05, 0.1) is 5.69 Å². The summed E-state index contributed by atoms with van der Waals surface area (Å²) in [6.07, 6.45) is 0. The molecule has 0 bridgehead atoms. The van der Waals surface area contributed by atoms with E-state index >= 15 is 0 Å². The molecule has 3 atom stereocenters. The number of anilines is 3. The first-order chi connectivity index (χ1) is 29.3. The van der Waals surface area contributed by atoms with Crippen LogP contribution in [0.25, 0.3) is 55.3 Å². The van der Waals surface area contributed by atoms with Crippen LogP contribution in [-0.2, 0) is 5.41 Å². The summed E-state index contributed by atoms with van der Waals surface area (Å²) >= 11 is 0. The van der Waals surface area contributed by atoms with Gasteiger partial charge in [-0.15, -0.1) is 0 Å². The summed E-state index contributed by atoms with van der Waals surface area (Å²) in [5.74, 6) is 0.494. The van der Waals surface area contributed by atoms with Gasteiger partial charge in [-0.25, -0.2) is 0 Å². The summed E-state index contributed by atoms with van der Waals surface area (Å²) in [7, 11) is 0. The van der Waals surface area contributed by atoms with Crippen LogP contribution in [0.5, 0.6) is 0 Å². The van der Waals surface area contributed by atoms with Gasteiger partial charge in [0.1, 0.15) is 11.2 Å². The van der Waals surface area contributed by atoms with Crippen LogP contribution in [0.4, 0.5) is 17.1 Å². The fraction of sp³-hybridized carbons (Fsp3) is 0.0526. The van der Waals surface area contributed by atoms with Gasteiger partial charge in [-0.05, 0) is 97.6 Å². The molecule has 9 aromatic carbocycles. The molecule has 1 spiro atoms. The number of hydrogen-bond donors (Lipinski definition) is 0. The summed E-state index contributed by atoms with van der Waals surface area (Å²) < 4.78 is 6.59. The summed E-state index contributed by atoms with van der Waals surface area (Å²) in [5, 5.41) is 2.27. The van der Waals surface area contributed by atoms with Gasteiger partial charge in [-0.1, -0.05) is 176 Å². The number of para-hydroxylation sites is 2. The number of hydrogen-bond acceptors (Lipinski definition) is 2. The molecule has 276 valence electrons. The zero-order valence-electron chi connectivity index (χ0n) is 32.2. The molecule has 3 aliphatic carbocycles. The van der Waals surface area contributed by atoms with Crippen LogP contribution in [0.15, 0.2) is 217 Å². The van der Waals surface area contributed by atoms with Crippen molar-refractivity contribution in [3.05, 3.63) is 246 Å². The maximum Gasteiger partial charge on any atom is 0.143 e. The van der Waals surface area contributed by atoms with Crippen LogP contribution in [0.2, 0.25) is 0 Å². The Morgan fingerprint density at radius 3 is 1.75 bits per heavy atom. The lowest BCUT2D eigenvalue weighted by Crippen LogP contribution is -2.52. The Kier molecular flexibility index (Phi) is 6.80. The summed E-state index contributed by atoms with van der Waals surface area (Å²) in [6, 6.07) is 78.0. The van der Waals surface area contributed by atoms with Crippen molar-refractivity contribution in [3.8, 4) is 33.4 Å². The number of nitrogens with zero attached hydrogens (tertiary/aromatic N) is 1. The Labute approximate surface area is 343 Å².